The van der Waals surface area contributed by atoms with Crippen LogP contribution < -0.4 is 5.32 Å². The highest BCUT2D eigenvalue weighted by Gasteiger charge is 2.10. The number of benzene rings is 1. The quantitative estimate of drug-likeness (QED) is 0.630. The molecule has 0 atom stereocenters. The predicted molar refractivity (Wildman–Crippen MR) is 85.1 cm³/mol. The lowest BCUT2D eigenvalue weighted by molar-refractivity contribution is 0.0946. The lowest BCUT2D eigenvalue weighted by Crippen LogP contribution is -2.23. The zero-order valence-electron chi connectivity index (χ0n) is 12.7. The summed E-state index contributed by atoms with van der Waals surface area (Å²) in [6, 6.07) is 8.03. The Hall–Kier alpha value is -2.61. The van der Waals surface area contributed by atoms with E-state index in [4.69, 9.17) is 6.42 Å². The van der Waals surface area contributed by atoms with Crippen molar-refractivity contribution >= 4 is 5.91 Å². The van der Waals surface area contributed by atoms with Gasteiger partial charge in [-0.3, -0.25) is 9.48 Å². The van der Waals surface area contributed by atoms with Gasteiger partial charge in [0, 0.05) is 19.5 Å². The van der Waals surface area contributed by atoms with Crippen LogP contribution in [0.15, 0.2) is 30.5 Å². The lowest BCUT2D eigenvalue weighted by atomic mass is 10.1. The van der Waals surface area contributed by atoms with E-state index in [0.29, 0.717) is 12.2 Å². The number of aromatic nitrogens is 3. The van der Waals surface area contributed by atoms with Crippen LogP contribution in [0, 0.1) is 19.3 Å². The number of amides is 1. The van der Waals surface area contributed by atoms with Gasteiger partial charge in [-0.05, 0) is 25.3 Å². The molecule has 0 aliphatic heterocycles. The maximum Gasteiger partial charge on any atom is 0.273 e. The van der Waals surface area contributed by atoms with E-state index >= 15 is 0 Å². The summed E-state index contributed by atoms with van der Waals surface area (Å²) in [4.78, 5) is 12.0. The zero-order chi connectivity index (χ0) is 15.8. The van der Waals surface area contributed by atoms with Gasteiger partial charge in [-0.2, -0.15) is 0 Å². The minimum absolute atomic E-state index is 0.212. The number of hydrogen-bond donors (Lipinski definition) is 1. The number of nitrogens with zero attached hydrogens (tertiary/aromatic N) is 3. The molecular weight excluding hydrogens is 276 g/mol. The molecule has 0 aliphatic rings. The Morgan fingerprint density at radius 3 is 3.05 bits per heavy atom. The van der Waals surface area contributed by atoms with Crippen molar-refractivity contribution in [2.45, 2.75) is 39.3 Å². The molecule has 0 spiro atoms. The van der Waals surface area contributed by atoms with Crippen LogP contribution in [0.3, 0.4) is 0 Å². The third kappa shape index (κ3) is 4.74. The van der Waals surface area contributed by atoms with Gasteiger partial charge < -0.3 is 5.32 Å². The molecule has 1 N–H and O–H groups in total. The number of carbonyl (C=O) groups is 1. The molecule has 0 radical (unpaired) electrons. The summed E-state index contributed by atoms with van der Waals surface area (Å²) in [7, 11) is 0. The van der Waals surface area contributed by atoms with Gasteiger partial charge in [-0.1, -0.05) is 35.0 Å². The molecule has 22 heavy (non-hydrogen) atoms. The van der Waals surface area contributed by atoms with Crippen molar-refractivity contribution in [3.8, 4) is 12.3 Å². The number of unbranched alkanes of at least 4 members (excludes halogenated alkanes) is 2. The summed E-state index contributed by atoms with van der Waals surface area (Å²) < 4.78 is 1.68. The first-order chi connectivity index (χ1) is 10.7. The molecule has 1 heterocycles. The van der Waals surface area contributed by atoms with E-state index in [1.165, 1.54) is 5.56 Å². The molecule has 0 saturated carbocycles. The van der Waals surface area contributed by atoms with Gasteiger partial charge in [0.05, 0.1) is 6.20 Å². The SMILES string of the molecule is C#CCCCCn1cc(C(=O)NCc2cccc(C)c2)nn1. The Bertz CT molecular complexity index is 669. The fraction of sp³-hybridized carbons (Fsp3) is 0.353. The summed E-state index contributed by atoms with van der Waals surface area (Å²) in [6.45, 7) is 3.23. The van der Waals surface area contributed by atoms with Crippen LogP contribution in [0.5, 0.6) is 0 Å². The van der Waals surface area contributed by atoms with E-state index in [-0.39, 0.29) is 5.91 Å². The predicted octanol–water partition coefficient (Wildman–Crippen LogP) is 2.32. The third-order valence-corrected chi connectivity index (χ3v) is 3.27. The van der Waals surface area contributed by atoms with Crippen LogP contribution in [0.25, 0.3) is 0 Å². The molecule has 0 saturated heterocycles. The maximum atomic E-state index is 12.0. The van der Waals surface area contributed by atoms with Gasteiger partial charge in [0.15, 0.2) is 5.69 Å². The van der Waals surface area contributed by atoms with Crippen LogP contribution >= 0.6 is 0 Å². The summed E-state index contributed by atoms with van der Waals surface area (Å²) in [5.41, 5.74) is 2.57. The summed E-state index contributed by atoms with van der Waals surface area (Å²) in [5.74, 6) is 2.39. The minimum Gasteiger partial charge on any atom is -0.347 e. The highest BCUT2D eigenvalue weighted by atomic mass is 16.2. The van der Waals surface area contributed by atoms with Crippen LogP contribution in [-0.2, 0) is 13.1 Å². The minimum atomic E-state index is -0.212. The Morgan fingerprint density at radius 1 is 1.41 bits per heavy atom. The molecule has 5 nitrogen and oxygen atoms in total. The van der Waals surface area contributed by atoms with E-state index in [9.17, 15) is 4.79 Å². The number of nitrogens with one attached hydrogen (secondary N) is 1. The molecule has 0 fully saturated rings. The molecule has 1 amide bonds. The average molecular weight is 296 g/mol. The lowest BCUT2D eigenvalue weighted by Gasteiger charge is -2.04. The molecule has 1 aromatic heterocycles. The molecule has 2 aromatic rings. The highest BCUT2D eigenvalue weighted by molar-refractivity contribution is 5.91. The fourth-order valence-electron chi connectivity index (χ4n) is 2.11. The Labute approximate surface area is 130 Å². The fourth-order valence-corrected chi connectivity index (χ4v) is 2.11. The van der Waals surface area contributed by atoms with Crippen LogP contribution in [0.4, 0.5) is 0 Å². The van der Waals surface area contributed by atoms with Gasteiger partial charge in [-0.25, -0.2) is 0 Å². The molecule has 1 aromatic carbocycles. The molecule has 0 unspecified atom stereocenters. The van der Waals surface area contributed by atoms with Crippen molar-refractivity contribution in [3.63, 3.8) is 0 Å². The molecular formula is C17H20N4O. The first kappa shape index (κ1) is 15.8. The number of hydrogen-bond acceptors (Lipinski definition) is 3. The van der Waals surface area contributed by atoms with Crippen molar-refractivity contribution in [2.75, 3.05) is 0 Å². The van der Waals surface area contributed by atoms with Crippen molar-refractivity contribution in [2.24, 2.45) is 0 Å². The molecule has 5 heteroatoms. The molecule has 2 rings (SSSR count). The average Bonchev–Trinajstić information content (AvgIpc) is 2.98. The summed E-state index contributed by atoms with van der Waals surface area (Å²) in [5, 5.41) is 10.7. The van der Waals surface area contributed by atoms with E-state index in [1.54, 1.807) is 10.9 Å². The van der Waals surface area contributed by atoms with Gasteiger partial charge in [0.25, 0.3) is 5.91 Å². The maximum absolute atomic E-state index is 12.0. The Kier molecular flexibility index (Phi) is 5.73. The molecule has 114 valence electrons. The van der Waals surface area contributed by atoms with Crippen molar-refractivity contribution in [1.82, 2.24) is 20.3 Å². The summed E-state index contributed by atoms with van der Waals surface area (Å²) in [6.07, 6.45) is 9.51. The molecule has 0 bridgehead atoms. The smallest absolute Gasteiger partial charge is 0.273 e. The second-order valence-electron chi connectivity index (χ2n) is 5.20. The van der Waals surface area contributed by atoms with Crippen molar-refractivity contribution in [1.29, 1.82) is 0 Å². The first-order valence-corrected chi connectivity index (χ1v) is 7.36. The summed E-state index contributed by atoms with van der Waals surface area (Å²) >= 11 is 0. The number of terminal acetylenes is 1. The van der Waals surface area contributed by atoms with E-state index in [1.807, 2.05) is 31.2 Å². The first-order valence-electron chi connectivity index (χ1n) is 7.36. The largest absolute Gasteiger partial charge is 0.347 e. The standard InChI is InChI=1S/C17H20N4O/c1-3-4-5-6-10-21-13-16(19-20-21)17(22)18-12-15-9-7-8-14(2)11-15/h1,7-9,11,13H,4-6,10,12H2,2H3,(H,18,22). The van der Waals surface area contributed by atoms with Gasteiger partial charge in [0.1, 0.15) is 0 Å². The van der Waals surface area contributed by atoms with Gasteiger partial charge in [0.2, 0.25) is 0 Å². The highest BCUT2D eigenvalue weighted by Crippen LogP contribution is 2.04. The van der Waals surface area contributed by atoms with Crippen molar-refractivity contribution in [3.05, 3.63) is 47.3 Å². The Morgan fingerprint density at radius 2 is 2.27 bits per heavy atom. The van der Waals surface area contributed by atoms with Gasteiger partial charge in [-0.15, -0.1) is 17.4 Å². The second-order valence-corrected chi connectivity index (χ2v) is 5.20. The van der Waals surface area contributed by atoms with Crippen LogP contribution in [0.2, 0.25) is 0 Å². The van der Waals surface area contributed by atoms with Crippen molar-refractivity contribution < 1.29 is 4.79 Å². The monoisotopic (exact) mass is 296 g/mol. The topological polar surface area (TPSA) is 59.8 Å². The van der Waals surface area contributed by atoms with E-state index < -0.39 is 0 Å². The zero-order valence-corrected chi connectivity index (χ0v) is 12.7. The van der Waals surface area contributed by atoms with Crippen LogP contribution in [-0.4, -0.2) is 20.9 Å². The van der Waals surface area contributed by atoms with E-state index in [2.05, 4.69) is 21.5 Å². The second kappa shape index (κ2) is 7.99. The number of carbonyl (C=O) groups excluding carboxylic acids is 1. The molecule has 0 aliphatic carbocycles. The van der Waals surface area contributed by atoms with E-state index in [0.717, 1.165) is 31.4 Å². The Balaban J connectivity index is 1.83. The third-order valence-electron chi connectivity index (χ3n) is 3.27. The number of aryl methyl sites for hydroxylation is 2. The number of rotatable bonds is 7. The van der Waals surface area contributed by atoms with Gasteiger partial charge >= 0.3 is 0 Å². The normalized spacial score (nSPS) is 10.2. The van der Waals surface area contributed by atoms with Crippen LogP contribution in [0.1, 0.15) is 40.9 Å².